The second kappa shape index (κ2) is 10.2. The van der Waals surface area contributed by atoms with Gasteiger partial charge < -0.3 is 19.4 Å². The van der Waals surface area contributed by atoms with E-state index in [0.717, 1.165) is 21.0 Å². The van der Waals surface area contributed by atoms with Gasteiger partial charge in [0.25, 0.3) is 0 Å². The van der Waals surface area contributed by atoms with Crippen LogP contribution in [0.3, 0.4) is 0 Å². The number of benzene rings is 1. The third kappa shape index (κ3) is 4.91. The van der Waals surface area contributed by atoms with E-state index < -0.39 is 6.03 Å². The van der Waals surface area contributed by atoms with E-state index in [1.807, 2.05) is 12.1 Å². The van der Waals surface area contributed by atoms with E-state index >= 15 is 0 Å². The highest BCUT2D eigenvalue weighted by molar-refractivity contribution is 7.20. The number of morpholine rings is 1. The van der Waals surface area contributed by atoms with Gasteiger partial charge in [-0.2, -0.15) is 15.5 Å². The van der Waals surface area contributed by atoms with Crippen molar-refractivity contribution in [1.82, 2.24) is 20.6 Å². The first kappa shape index (κ1) is 22.3. The summed E-state index contributed by atoms with van der Waals surface area (Å²) in [6, 6.07) is 12.6. The maximum atomic E-state index is 12.1. The molecule has 3 aromatic heterocycles. The van der Waals surface area contributed by atoms with Crippen LogP contribution in [0, 0.1) is 11.3 Å². The lowest BCUT2D eigenvalue weighted by Crippen LogP contribution is -2.36. The Morgan fingerprint density at radius 2 is 2.09 bits per heavy atom. The molecule has 1 aliphatic rings. The molecule has 0 atom stereocenters. The molecule has 0 saturated carbocycles. The number of hydrogen-bond acceptors (Lipinski definition) is 9. The SMILES string of the molecule is N#Cc1c(N2CCOCC2)sc(-c2nc[nH]n2)c1-c1ccc(NC(=O)N/N=C/c2ccco2)cc1. The molecule has 0 unspecified atom stereocenters. The lowest BCUT2D eigenvalue weighted by molar-refractivity contribution is 0.123. The minimum Gasteiger partial charge on any atom is -0.463 e. The summed E-state index contributed by atoms with van der Waals surface area (Å²) in [7, 11) is 0. The van der Waals surface area contributed by atoms with Gasteiger partial charge in [-0.1, -0.05) is 12.1 Å². The topological polar surface area (TPSA) is 144 Å². The molecule has 3 N–H and O–H groups in total. The number of anilines is 2. The number of urea groups is 1. The fourth-order valence-corrected chi connectivity index (χ4v) is 4.93. The molecule has 176 valence electrons. The first-order valence-electron chi connectivity index (χ1n) is 10.7. The molecule has 1 aliphatic heterocycles. The van der Waals surface area contributed by atoms with Crippen molar-refractivity contribution in [3.05, 3.63) is 60.3 Å². The molecule has 5 rings (SSSR count). The average molecular weight is 489 g/mol. The molecule has 0 aliphatic carbocycles. The summed E-state index contributed by atoms with van der Waals surface area (Å²) in [6.45, 7) is 2.65. The Hall–Kier alpha value is -4.47. The number of H-pyrrole nitrogens is 1. The molecule has 1 fully saturated rings. The summed E-state index contributed by atoms with van der Waals surface area (Å²) in [6.07, 6.45) is 4.43. The molecular weight excluding hydrogens is 468 g/mol. The number of hydrogen-bond donors (Lipinski definition) is 3. The number of furan rings is 1. The fraction of sp³-hybridized carbons (Fsp3) is 0.174. The summed E-state index contributed by atoms with van der Waals surface area (Å²) in [5.41, 5.74) is 5.11. The third-order valence-electron chi connectivity index (χ3n) is 5.25. The van der Waals surface area contributed by atoms with E-state index in [-0.39, 0.29) is 0 Å². The molecule has 2 amide bonds. The second-order valence-electron chi connectivity index (χ2n) is 7.44. The van der Waals surface area contributed by atoms with E-state index in [1.54, 1.807) is 24.3 Å². The van der Waals surface area contributed by atoms with Gasteiger partial charge in [0, 0.05) is 24.3 Å². The van der Waals surface area contributed by atoms with Crippen molar-refractivity contribution in [3.8, 4) is 27.9 Å². The predicted octanol–water partition coefficient (Wildman–Crippen LogP) is 3.66. The Labute approximate surface area is 204 Å². The first-order valence-corrected chi connectivity index (χ1v) is 11.5. The van der Waals surface area contributed by atoms with Crippen molar-refractivity contribution in [3.63, 3.8) is 0 Å². The normalized spacial score (nSPS) is 13.6. The highest BCUT2D eigenvalue weighted by atomic mass is 32.1. The number of aromatic nitrogens is 3. The zero-order chi connectivity index (χ0) is 24.0. The van der Waals surface area contributed by atoms with E-state index in [9.17, 15) is 10.1 Å². The molecule has 0 radical (unpaired) electrons. The van der Waals surface area contributed by atoms with Crippen LogP contribution in [0.5, 0.6) is 0 Å². The first-order chi connectivity index (χ1) is 17.2. The number of hydrazone groups is 1. The Bertz CT molecular complexity index is 1350. The minimum atomic E-state index is -0.496. The van der Waals surface area contributed by atoms with Crippen molar-refractivity contribution < 1.29 is 13.9 Å². The molecule has 35 heavy (non-hydrogen) atoms. The smallest absolute Gasteiger partial charge is 0.339 e. The highest BCUT2D eigenvalue weighted by Gasteiger charge is 2.26. The average Bonchev–Trinajstić information content (AvgIpc) is 3.66. The van der Waals surface area contributed by atoms with E-state index in [0.29, 0.717) is 49.1 Å². The number of amides is 2. The number of carbonyl (C=O) groups is 1. The van der Waals surface area contributed by atoms with Crippen LogP contribution < -0.4 is 15.6 Å². The van der Waals surface area contributed by atoms with Crippen molar-refractivity contribution in [2.75, 3.05) is 36.5 Å². The Morgan fingerprint density at radius 3 is 2.77 bits per heavy atom. The molecule has 4 aromatic rings. The predicted molar refractivity (Wildman–Crippen MR) is 131 cm³/mol. The number of thiophene rings is 1. The highest BCUT2D eigenvalue weighted by Crippen LogP contribution is 2.46. The van der Waals surface area contributed by atoms with Crippen LogP contribution in [0.1, 0.15) is 11.3 Å². The van der Waals surface area contributed by atoms with Crippen LogP contribution in [0.4, 0.5) is 15.5 Å². The third-order valence-corrected chi connectivity index (χ3v) is 6.50. The molecule has 0 spiro atoms. The van der Waals surface area contributed by atoms with Crippen LogP contribution >= 0.6 is 11.3 Å². The monoisotopic (exact) mass is 488 g/mol. The lowest BCUT2D eigenvalue weighted by atomic mass is 10.0. The van der Waals surface area contributed by atoms with Crippen molar-refractivity contribution >= 4 is 34.3 Å². The van der Waals surface area contributed by atoms with Gasteiger partial charge in [-0.25, -0.2) is 15.2 Å². The molecule has 1 saturated heterocycles. The van der Waals surface area contributed by atoms with Gasteiger partial charge >= 0.3 is 6.03 Å². The van der Waals surface area contributed by atoms with Crippen LogP contribution in [0.2, 0.25) is 0 Å². The number of nitriles is 1. The molecule has 1 aromatic carbocycles. The standard InChI is InChI=1S/C23H20N8O3S/c24-12-18-19(20(21-25-14-27-29-21)35-22(18)31-7-10-33-11-8-31)15-3-5-16(6-4-15)28-23(32)30-26-13-17-2-1-9-34-17/h1-6,9,13-14H,7-8,10-11H2,(H,25,27,29)(H2,28,30,32)/b26-13+. The van der Waals surface area contributed by atoms with Crippen LogP contribution in [0.25, 0.3) is 21.8 Å². The summed E-state index contributed by atoms with van der Waals surface area (Å²) < 4.78 is 10.6. The maximum Gasteiger partial charge on any atom is 0.339 e. The van der Waals surface area contributed by atoms with E-state index in [1.165, 1.54) is 30.1 Å². The minimum absolute atomic E-state index is 0.496. The molecular formula is C23H20N8O3S. The van der Waals surface area contributed by atoms with E-state index in [4.69, 9.17) is 9.15 Å². The Balaban J connectivity index is 1.39. The number of ether oxygens (including phenoxy) is 1. The van der Waals surface area contributed by atoms with Gasteiger partial charge in [0.1, 0.15) is 23.2 Å². The van der Waals surface area contributed by atoms with Crippen molar-refractivity contribution in [1.29, 1.82) is 5.26 Å². The summed E-state index contributed by atoms with van der Waals surface area (Å²) in [5, 5.41) is 24.5. The largest absolute Gasteiger partial charge is 0.463 e. The quantitative estimate of drug-likeness (QED) is 0.277. The van der Waals surface area contributed by atoms with Crippen LogP contribution in [0.15, 0.2) is 58.5 Å². The van der Waals surface area contributed by atoms with Gasteiger partial charge in [-0.05, 0) is 29.8 Å². The lowest BCUT2D eigenvalue weighted by Gasteiger charge is -2.27. The molecule has 0 bridgehead atoms. The van der Waals surface area contributed by atoms with Crippen LogP contribution in [-0.2, 0) is 4.74 Å². The fourth-order valence-electron chi connectivity index (χ4n) is 3.66. The number of nitrogens with zero attached hydrogens (tertiary/aromatic N) is 5. The zero-order valence-electron chi connectivity index (χ0n) is 18.4. The van der Waals surface area contributed by atoms with Gasteiger partial charge in [-0.3, -0.25) is 5.10 Å². The molecule has 4 heterocycles. The zero-order valence-corrected chi connectivity index (χ0v) is 19.2. The van der Waals surface area contributed by atoms with Gasteiger partial charge in [-0.15, -0.1) is 11.3 Å². The van der Waals surface area contributed by atoms with Crippen molar-refractivity contribution in [2.45, 2.75) is 0 Å². The molecule has 12 heteroatoms. The maximum absolute atomic E-state index is 12.1. The number of nitrogens with one attached hydrogen (secondary N) is 3. The van der Waals surface area contributed by atoms with E-state index in [2.05, 4.69) is 42.0 Å². The Kier molecular flexibility index (Phi) is 6.51. The van der Waals surface area contributed by atoms with Gasteiger partial charge in [0.05, 0.1) is 36.1 Å². The summed E-state index contributed by atoms with van der Waals surface area (Å²) >= 11 is 1.49. The van der Waals surface area contributed by atoms with Gasteiger partial charge in [0.15, 0.2) is 5.82 Å². The second-order valence-corrected chi connectivity index (χ2v) is 8.44. The van der Waals surface area contributed by atoms with Crippen molar-refractivity contribution in [2.24, 2.45) is 5.10 Å². The van der Waals surface area contributed by atoms with Crippen LogP contribution in [-0.4, -0.2) is 53.7 Å². The number of aromatic amines is 1. The van der Waals surface area contributed by atoms with Gasteiger partial charge in [0.2, 0.25) is 0 Å². The summed E-state index contributed by atoms with van der Waals surface area (Å²) in [5.74, 6) is 1.05. The summed E-state index contributed by atoms with van der Waals surface area (Å²) in [4.78, 5) is 19.4. The number of carbonyl (C=O) groups excluding carboxylic acids is 1. The number of rotatable bonds is 6. The Morgan fingerprint density at radius 1 is 1.26 bits per heavy atom. The molecule has 11 nitrogen and oxygen atoms in total.